The first kappa shape index (κ1) is 12.9. The van der Waals surface area contributed by atoms with Gasteiger partial charge < -0.3 is 9.30 Å². The molecule has 1 unspecified atom stereocenters. The molecule has 1 fully saturated rings. The Morgan fingerprint density at radius 1 is 1.42 bits per heavy atom. The number of hydrogen-bond acceptors (Lipinski definition) is 3. The summed E-state index contributed by atoms with van der Waals surface area (Å²) in [6, 6.07) is 4.03. The lowest BCUT2D eigenvalue weighted by Crippen LogP contribution is -2.32. The van der Waals surface area contributed by atoms with Crippen LogP contribution in [0.2, 0.25) is 0 Å². The normalized spacial score (nSPS) is 23.3. The third kappa shape index (κ3) is 2.13. The van der Waals surface area contributed by atoms with E-state index in [4.69, 9.17) is 21.3 Å². The molecule has 19 heavy (non-hydrogen) atoms. The van der Waals surface area contributed by atoms with Crippen LogP contribution in [-0.4, -0.2) is 33.6 Å². The number of hydrogen-bond donors (Lipinski definition) is 0. The van der Waals surface area contributed by atoms with E-state index in [-0.39, 0.29) is 5.54 Å². The highest BCUT2D eigenvalue weighted by molar-refractivity contribution is 6.17. The Morgan fingerprint density at radius 3 is 2.95 bits per heavy atom. The summed E-state index contributed by atoms with van der Waals surface area (Å²) in [5.41, 5.74) is 2.84. The van der Waals surface area contributed by atoms with Crippen LogP contribution in [0.15, 0.2) is 12.1 Å². The van der Waals surface area contributed by atoms with E-state index < -0.39 is 0 Å². The number of fused-ring (bicyclic) bond motifs is 1. The molecule has 0 spiro atoms. The van der Waals surface area contributed by atoms with Crippen LogP contribution < -0.4 is 0 Å². The third-order valence-electron chi connectivity index (χ3n) is 3.77. The summed E-state index contributed by atoms with van der Waals surface area (Å²) in [6.45, 7) is 5.72. The van der Waals surface area contributed by atoms with E-state index in [0.29, 0.717) is 12.5 Å². The van der Waals surface area contributed by atoms with Crippen LogP contribution >= 0.6 is 11.6 Å². The fourth-order valence-corrected chi connectivity index (χ4v) is 2.92. The van der Waals surface area contributed by atoms with Crippen molar-refractivity contribution in [1.82, 2.24) is 14.5 Å². The predicted molar refractivity (Wildman–Crippen MR) is 75.8 cm³/mol. The SMILES string of the molecule is Cc1ccc2nc(CCCl)n(C3(C)CCOC3)c2n1. The minimum absolute atomic E-state index is 0.0586. The largest absolute Gasteiger partial charge is 0.379 e. The molecule has 0 saturated carbocycles. The quantitative estimate of drug-likeness (QED) is 0.811. The van der Waals surface area contributed by atoms with Crippen molar-refractivity contribution < 1.29 is 4.74 Å². The Labute approximate surface area is 117 Å². The summed E-state index contributed by atoms with van der Waals surface area (Å²) in [5, 5.41) is 0. The van der Waals surface area contributed by atoms with E-state index in [1.165, 1.54) is 0 Å². The second kappa shape index (κ2) is 4.76. The number of rotatable bonds is 3. The first-order valence-corrected chi connectivity index (χ1v) is 7.17. The van der Waals surface area contributed by atoms with Gasteiger partial charge in [0.15, 0.2) is 5.65 Å². The average Bonchev–Trinajstić information content (AvgIpc) is 2.94. The predicted octanol–water partition coefficient (Wildman–Crippen LogP) is 2.66. The Kier molecular flexibility index (Phi) is 3.23. The maximum absolute atomic E-state index is 5.91. The molecule has 0 amide bonds. The maximum Gasteiger partial charge on any atom is 0.160 e. The van der Waals surface area contributed by atoms with Gasteiger partial charge in [-0.15, -0.1) is 11.6 Å². The van der Waals surface area contributed by atoms with E-state index in [9.17, 15) is 0 Å². The lowest BCUT2D eigenvalue weighted by atomic mass is 10.0. The number of halogens is 1. The van der Waals surface area contributed by atoms with Crippen molar-refractivity contribution in [2.45, 2.75) is 32.2 Å². The lowest BCUT2D eigenvalue weighted by Gasteiger charge is -2.26. The highest BCUT2D eigenvalue weighted by Gasteiger charge is 2.35. The molecule has 0 aliphatic carbocycles. The minimum Gasteiger partial charge on any atom is -0.379 e. The molecule has 0 N–H and O–H groups in total. The smallest absolute Gasteiger partial charge is 0.160 e. The molecule has 4 nitrogen and oxygen atoms in total. The molecule has 1 atom stereocenters. The van der Waals surface area contributed by atoms with E-state index in [1.54, 1.807) is 0 Å². The summed E-state index contributed by atoms with van der Waals surface area (Å²) in [6.07, 6.45) is 1.75. The molecule has 3 rings (SSSR count). The number of aryl methyl sites for hydroxylation is 2. The van der Waals surface area contributed by atoms with Gasteiger partial charge in [0.05, 0.1) is 12.1 Å². The second-order valence-corrected chi connectivity index (χ2v) is 5.78. The molecular formula is C14H18ClN3O. The number of ether oxygens (including phenoxy) is 1. The Balaban J connectivity index is 2.23. The van der Waals surface area contributed by atoms with Crippen LogP contribution in [0.4, 0.5) is 0 Å². The molecule has 5 heteroatoms. The molecule has 1 aliphatic rings. The first-order valence-electron chi connectivity index (χ1n) is 6.63. The highest BCUT2D eigenvalue weighted by atomic mass is 35.5. The van der Waals surface area contributed by atoms with Crippen molar-refractivity contribution in [1.29, 1.82) is 0 Å². The van der Waals surface area contributed by atoms with Gasteiger partial charge in [0.25, 0.3) is 0 Å². The van der Waals surface area contributed by atoms with Gasteiger partial charge in [0, 0.05) is 24.6 Å². The van der Waals surface area contributed by atoms with Gasteiger partial charge >= 0.3 is 0 Å². The summed E-state index contributed by atoms with van der Waals surface area (Å²) in [7, 11) is 0. The highest BCUT2D eigenvalue weighted by Crippen LogP contribution is 2.32. The van der Waals surface area contributed by atoms with Crippen molar-refractivity contribution >= 4 is 22.8 Å². The fourth-order valence-electron chi connectivity index (χ4n) is 2.75. The van der Waals surface area contributed by atoms with E-state index >= 15 is 0 Å². The lowest BCUT2D eigenvalue weighted by molar-refractivity contribution is 0.162. The zero-order valence-electron chi connectivity index (χ0n) is 11.3. The Hall–Kier alpha value is -1.13. The molecule has 2 aromatic rings. The van der Waals surface area contributed by atoms with Crippen molar-refractivity contribution in [3.63, 3.8) is 0 Å². The summed E-state index contributed by atoms with van der Waals surface area (Å²) in [5.74, 6) is 1.58. The van der Waals surface area contributed by atoms with Gasteiger partial charge in [-0.1, -0.05) is 0 Å². The number of nitrogens with zero attached hydrogens (tertiary/aromatic N) is 3. The van der Waals surface area contributed by atoms with Gasteiger partial charge in [-0.05, 0) is 32.4 Å². The molecule has 0 radical (unpaired) electrons. The van der Waals surface area contributed by atoms with E-state index in [0.717, 1.165) is 42.1 Å². The number of alkyl halides is 1. The Morgan fingerprint density at radius 2 is 2.26 bits per heavy atom. The van der Waals surface area contributed by atoms with E-state index in [1.807, 2.05) is 19.1 Å². The molecule has 1 aliphatic heterocycles. The van der Waals surface area contributed by atoms with Crippen LogP contribution in [0.1, 0.15) is 24.9 Å². The van der Waals surface area contributed by atoms with Crippen molar-refractivity contribution in [2.24, 2.45) is 0 Å². The van der Waals surface area contributed by atoms with Gasteiger partial charge in [0.2, 0.25) is 0 Å². The number of pyridine rings is 1. The van der Waals surface area contributed by atoms with E-state index in [2.05, 4.69) is 16.5 Å². The summed E-state index contributed by atoms with van der Waals surface area (Å²) < 4.78 is 7.83. The standard InChI is InChI=1S/C14H18ClN3O/c1-10-3-4-11-13(16-10)18(12(17-11)5-7-15)14(2)6-8-19-9-14/h3-4H,5-9H2,1-2H3. The zero-order chi connectivity index (χ0) is 13.5. The topological polar surface area (TPSA) is 39.9 Å². The molecular weight excluding hydrogens is 262 g/mol. The van der Waals surface area contributed by atoms with Crippen LogP contribution in [0, 0.1) is 6.92 Å². The van der Waals surface area contributed by atoms with Crippen LogP contribution in [0.3, 0.4) is 0 Å². The molecule has 2 aromatic heterocycles. The molecule has 3 heterocycles. The average molecular weight is 280 g/mol. The molecule has 0 bridgehead atoms. The molecule has 102 valence electrons. The summed E-state index contributed by atoms with van der Waals surface area (Å²) >= 11 is 5.91. The van der Waals surface area contributed by atoms with Crippen molar-refractivity contribution in [2.75, 3.05) is 19.1 Å². The number of aromatic nitrogens is 3. The molecule has 0 aromatic carbocycles. The Bertz CT molecular complexity index is 602. The summed E-state index contributed by atoms with van der Waals surface area (Å²) in [4.78, 5) is 9.36. The maximum atomic E-state index is 5.91. The van der Waals surface area contributed by atoms with Gasteiger partial charge in [-0.3, -0.25) is 0 Å². The minimum atomic E-state index is -0.0586. The monoisotopic (exact) mass is 279 g/mol. The van der Waals surface area contributed by atoms with Crippen LogP contribution in [0.25, 0.3) is 11.2 Å². The van der Waals surface area contributed by atoms with Gasteiger partial charge in [-0.2, -0.15) is 0 Å². The third-order valence-corrected chi connectivity index (χ3v) is 3.96. The fraction of sp³-hybridized carbons (Fsp3) is 0.571. The van der Waals surface area contributed by atoms with Gasteiger partial charge in [0.1, 0.15) is 11.3 Å². The first-order chi connectivity index (χ1) is 9.14. The van der Waals surface area contributed by atoms with Gasteiger partial charge in [-0.25, -0.2) is 9.97 Å². The number of imidazole rings is 1. The van der Waals surface area contributed by atoms with Crippen molar-refractivity contribution in [3.05, 3.63) is 23.7 Å². The second-order valence-electron chi connectivity index (χ2n) is 5.40. The van der Waals surface area contributed by atoms with Crippen LogP contribution in [0.5, 0.6) is 0 Å². The zero-order valence-corrected chi connectivity index (χ0v) is 12.1. The van der Waals surface area contributed by atoms with Crippen molar-refractivity contribution in [3.8, 4) is 0 Å². The van der Waals surface area contributed by atoms with Crippen LogP contribution in [-0.2, 0) is 16.7 Å². The molecule has 1 saturated heterocycles.